The molecule has 2 heterocycles. The fraction of sp³-hybridized carbons (Fsp3) is 0.750. The van der Waals surface area contributed by atoms with Crippen LogP contribution >= 0.6 is 0 Å². The highest BCUT2D eigenvalue weighted by Gasteiger charge is 2.23. The van der Waals surface area contributed by atoms with Crippen LogP contribution in [0, 0.1) is 0 Å². The van der Waals surface area contributed by atoms with Gasteiger partial charge in [-0.1, -0.05) is 6.92 Å². The molecule has 0 aliphatic carbocycles. The number of nitrogens with zero attached hydrogens (tertiary/aromatic N) is 3. The van der Waals surface area contributed by atoms with Crippen molar-refractivity contribution >= 4 is 0 Å². The van der Waals surface area contributed by atoms with Gasteiger partial charge in [0.25, 0.3) is 0 Å². The third-order valence-corrected chi connectivity index (χ3v) is 3.19. The minimum Gasteiger partial charge on any atom is -0.394 e. The van der Waals surface area contributed by atoms with Crippen molar-refractivity contribution in [2.75, 3.05) is 26.2 Å². The van der Waals surface area contributed by atoms with Crippen LogP contribution in [-0.4, -0.2) is 52.1 Å². The average molecular weight is 238 g/mol. The van der Waals surface area contributed by atoms with Crippen LogP contribution in [0.1, 0.15) is 18.9 Å². The number of aliphatic hydroxyl groups is 1. The molecular formula is C12H22N4O. The molecule has 0 bridgehead atoms. The lowest BCUT2D eigenvalue weighted by Gasteiger charge is -2.38. The van der Waals surface area contributed by atoms with Gasteiger partial charge in [-0.3, -0.25) is 9.58 Å². The van der Waals surface area contributed by atoms with E-state index in [0.717, 1.165) is 26.2 Å². The van der Waals surface area contributed by atoms with Gasteiger partial charge in [0.15, 0.2) is 0 Å². The van der Waals surface area contributed by atoms with Crippen LogP contribution in [0.5, 0.6) is 0 Å². The first-order valence-corrected chi connectivity index (χ1v) is 6.40. The maximum absolute atomic E-state index is 8.85. The molecule has 0 unspecified atom stereocenters. The molecule has 17 heavy (non-hydrogen) atoms. The molecule has 0 aromatic carbocycles. The highest BCUT2D eigenvalue weighted by Crippen LogP contribution is 2.11. The summed E-state index contributed by atoms with van der Waals surface area (Å²) in [4.78, 5) is 2.51. The number of nitrogens with one attached hydrogen (secondary N) is 1. The molecule has 0 amide bonds. The summed E-state index contributed by atoms with van der Waals surface area (Å²) in [5.74, 6) is 0. The smallest absolute Gasteiger partial charge is 0.0640 e. The molecule has 96 valence electrons. The molecule has 1 aliphatic rings. The Morgan fingerprint density at radius 1 is 1.59 bits per heavy atom. The number of aliphatic hydroxyl groups excluding tert-OH is 1. The molecule has 0 spiro atoms. The van der Waals surface area contributed by atoms with Gasteiger partial charge in [-0.25, -0.2) is 0 Å². The van der Waals surface area contributed by atoms with E-state index < -0.39 is 0 Å². The van der Waals surface area contributed by atoms with Gasteiger partial charge in [0, 0.05) is 37.4 Å². The van der Waals surface area contributed by atoms with Crippen LogP contribution < -0.4 is 5.32 Å². The SMILES string of the molecule is CCCN(Cc1cnn(CCO)c1)C1CNC1. The van der Waals surface area contributed by atoms with Gasteiger partial charge < -0.3 is 10.4 Å². The summed E-state index contributed by atoms with van der Waals surface area (Å²) in [5, 5.41) is 16.4. The van der Waals surface area contributed by atoms with E-state index in [-0.39, 0.29) is 6.61 Å². The van der Waals surface area contributed by atoms with Crippen molar-refractivity contribution in [2.24, 2.45) is 0 Å². The third-order valence-electron chi connectivity index (χ3n) is 3.19. The normalized spacial score (nSPS) is 16.4. The molecule has 2 N–H and O–H groups in total. The van der Waals surface area contributed by atoms with E-state index in [4.69, 9.17) is 5.11 Å². The van der Waals surface area contributed by atoms with Gasteiger partial charge >= 0.3 is 0 Å². The summed E-state index contributed by atoms with van der Waals surface area (Å²) in [6, 6.07) is 0.677. The number of hydrogen-bond acceptors (Lipinski definition) is 4. The fourth-order valence-electron chi connectivity index (χ4n) is 2.16. The van der Waals surface area contributed by atoms with Crippen molar-refractivity contribution in [3.8, 4) is 0 Å². The highest BCUT2D eigenvalue weighted by atomic mass is 16.3. The second-order valence-corrected chi connectivity index (χ2v) is 4.62. The molecule has 1 fully saturated rings. The summed E-state index contributed by atoms with van der Waals surface area (Å²) in [7, 11) is 0. The zero-order valence-electron chi connectivity index (χ0n) is 10.5. The van der Waals surface area contributed by atoms with Crippen molar-refractivity contribution in [1.29, 1.82) is 0 Å². The average Bonchev–Trinajstić information content (AvgIpc) is 2.64. The van der Waals surface area contributed by atoms with Crippen molar-refractivity contribution in [3.05, 3.63) is 18.0 Å². The van der Waals surface area contributed by atoms with Crippen molar-refractivity contribution in [3.63, 3.8) is 0 Å². The quantitative estimate of drug-likeness (QED) is 0.705. The standard InChI is InChI=1S/C12H22N4O/c1-2-3-15(12-7-13-8-12)9-11-6-14-16(10-11)4-5-17/h6,10,12-13,17H,2-5,7-9H2,1H3. The third kappa shape index (κ3) is 3.28. The summed E-state index contributed by atoms with van der Waals surface area (Å²) in [5.41, 5.74) is 1.24. The predicted octanol–water partition coefficient (Wildman–Crippen LogP) is 0.0592. The van der Waals surface area contributed by atoms with E-state index >= 15 is 0 Å². The molecule has 1 aliphatic heterocycles. The van der Waals surface area contributed by atoms with E-state index in [9.17, 15) is 0 Å². The first-order valence-electron chi connectivity index (χ1n) is 6.40. The van der Waals surface area contributed by atoms with Crippen LogP contribution in [0.15, 0.2) is 12.4 Å². The summed E-state index contributed by atoms with van der Waals surface area (Å²) >= 11 is 0. The summed E-state index contributed by atoms with van der Waals surface area (Å²) in [6.07, 6.45) is 5.12. The predicted molar refractivity (Wildman–Crippen MR) is 66.7 cm³/mol. The Balaban J connectivity index is 1.90. The molecule has 0 atom stereocenters. The Morgan fingerprint density at radius 3 is 3.00 bits per heavy atom. The molecule has 5 nitrogen and oxygen atoms in total. The fourth-order valence-corrected chi connectivity index (χ4v) is 2.16. The molecule has 1 aromatic heterocycles. The van der Waals surface area contributed by atoms with E-state index in [1.54, 1.807) is 4.68 Å². The second-order valence-electron chi connectivity index (χ2n) is 4.62. The largest absolute Gasteiger partial charge is 0.394 e. The Labute approximate surface area is 102 Å². The van der Waals surface area contributed by atoms with Crippen LogP contribution in [0.4, 0.5) is 0 Å². The zero-order chi connectivity index (χ0) is 12.1. The van der Waals surface area contributed by atoms with Crippen molar-refractivity contribution < 1.29 is 5.11 Å². The number of rotatable bonds is 7. The number of aromatic nitrogens is 2. The van der Waals surface area contributed by atoms with Crippen molar-refractivity contribution in [2.45, 2.75) is 32.5 Å². The van der Waals surface area contributed by atoms with Crippen LogP contribution in [0.3, 0.4) is 0 Å². The van der Waals surface area contributed by atoms with E-state index in [1.165, 1.54) is 12.0 Å². The van der Waals surface area contributed by atoms with E-state index in [0.29, 0.717) is 12.6 Å². The lowest BCUT2D eigenvalue weighted by molar-refractivity contribution is 0.138. The van der Waals surface area contributed by atoms with Crippen molar-refractivity contribution in [1.82, 2.24) is 20.0 Å². The number of hydrogen-bond donors (Lipinski definition) is 2. The Kier molecular flexibility index (Phi) is 4.53. The molecule has 0 radical (unpaired) electrons. The Morgan fingerprint density at radius 2 is 2.41 bits per heavy atom. The molecule has 1 aromatic rings. The minimum atomic E-state index is 0.145. The van der Waals surface area contributed by atoms with Gasteiger partial charge in [0.1, 0.15) is 0 Å². The van der Waals surface area contributed by atoms with Crippen LogP contribution in [-0.2, 0) is 13.1 Å². The maximum atomic E-state index is 8.85. The lowest BCUT2D eigenvalue weighted by atomic mass is 10.1. The second kappa shape index (κ2) is 6.14. The summed E-state index contributed by atoms with van der Waals surface area (Å²) < 4.78 is 1.80. The Hall–Kier alpha value is -0.910. The summed E-state index contributed by atoms with van der Waals surface area (Å²) in [6.45, 7) is 7.25. The lowest BCUT2D eigenvalue weighted by Crippen LogP contribution is -2.56. The highest BCUT2D eigenvalue weighted by molar-refractivity contribution is 5.04. The topological polar surface area (TPSA) is 53.3 Å². The molecule has 0 saturated carbocycles. The van der Waals surface area contributed by atoms with Gasteiger partial charge in [-0.15, -0.1) is 0 Å². The van der Waals surface area contributed by atoms with Gasteiger partial charge in [0.05, 0.1) is 19.3 Å². The molecule has 2 rings (SSSR count). The molecular weight excluding hydrogens is 216 g/mol. The van der Waals surface area contributed by atoms with Gasteiger partial charge in [-0.2, -0.15) is 5.10 Å². The Bertz CT molecular complexity index is 335. The van der Waals surface area contributed by atoms with E-state index in [2.05, 4.69) is 22.2 Å². The van der Waals surface area contributed by atoms with Gasteiger partial charge in [0.2, 0.25) is 0 Å². The zero-order valence-corrected chi connectivity index (χ0v) is 10.5. The maximum Gasteiger partial charge on any atom is 0.0640 e. The first kappa shape index (κ1) is 12.5. The van der Waals surface area contributed by atoms with E-state index in [1.807, 2.05) is 12.4 Å². The van der Waals surface area contributed by atoms with Gasteiger partial charge in [-0.05, 0) is 13.0 Å². The molecule has 1 saturated heterocycles. The van der Waals surface area contributed by atoms with Crippen LogP contribution in [0.25, 0.3) is 0 Å². The first-order chi connectivity index (χ1) is 8.33. The van der Waals surface area contributed by atoms with Crippen LogP contribution in [0.2, 0.25) is 0 Å². The molecule has 5 heteroatoms. The monoisotopic (exact) mass is 238 g/mol. The minimum absolute atomic E-state index is 0.145.